The zero-order valence-corrected chi connectivity index (χ0v) is 10.9. The van der Waals surface area contributed by atoms with Crippen LogP contribution in [0.25, 0.3) is 6.08 Å². The van der Waals surface area contributed by atoms with E-state index < -0.39 is 0 Å². The van der Waals surface area contributed by atoms with Gasteiger partial charge >= 0.3 is 0 Å². The maximum absolute atomic E-state index is 5.48. The van der Waals surface area contributed by atoms with E-state index in [0.29, 0.717) is 12.0 Å². The number of hydrogen-bond acceptors (Lipinski definition) is 2. The molecule has 0 aromatic heterocycles. The number of piperidine rings is 3. The van der Waals surface area contributed by atoms with E-state index in [4.69, 9.17) is 5.73 Å². The third kappa shape index (κ3) is 2.11. The molecule has 3 fully saturated rings. The minimum atomic E-state index is 0.477. The van der Waals surface area contributed by atoms with Crippen molar-refractivity contribution in [2.75, 3.05) is 26.2 Å². The number of benzene rings is 1. The predicted molar refractivity (Wildman–Crippen MR) is 76.5 cm³/mol. The van der Waals surface area contributed by atoms with Crippen LogP contribution in [0.15, 0.2) is 30.3 Å². The van der Waals surface area contributed by atoms with Crippen molar-refractivity contribution in [3.8, 4) is 0 Å². The highest BCUT2D eigenvalue weighted by Crippen LogP contribution is 2.42. The molecule has 18 heavy (non-hydrogen) atoms. The van der Waals surface area contributed by atoms with Crippen molar-refractivity contribution < 1.29 is 0 Å². The highest BCUT2D eigenvalue weighted by Gasteiger charge is 2.40. The van der Waals surface area contributed by atoms with Gasteiger partial charge in [-0.2, -0.15) is 0 Å². The second kappa shape index (κ2) is 4.87. The molecule has 0 spiro atoms. The highest BCUT2D eigenvalue weighted by atomic mass is 15.1. The van der Waals surface area contributed by atoms with Crippen molar-refractivity contribution in [1.29, 1.82) is 0 Å². The lowest BCUT2D eigenvalue weighted by molar-refractivity contribution is 0.0818. The molecule has 0 aliphatic carbocycles. The van der Waals surface area contributed by atoms with Gasteiger partial charge < -0.3 is 10.6 Å². The Morgan fingerprint density at radius 2 is 1.67 bits per heavy atom. The summed E-state index contributed by atoms with van der Waals surface area (Å²) in [5.74, 6) is 0. The molecule has 1 aromatic carbocycles. The Balaban J connectivity index is 1.81. The number of nitrogens with zero attached hydrogens (tertiary/aromatic N) is 1. The predicted octanol–water partition coefficient (Wildman–Crippen LogP) is 2.40. The third-order valence-electron chi connectivity index (χ3n) is 4.69. The molecule has 96 valence electrons. The Morgan fingerprint density at radius 3 is 2.22 bits per heavy atom. The number of fused-ring (bicyclic) bond motifs is 3. The van der Waals surface area contributed by atoms with Gasteiger partial charge in [0.05, 0.1) is 0 Å². The molecule has 0 saturated carbocycles. The lowest BCUT2D eigenvalue weighted by atomic mass is 9.67. The number of nitrogens with two attached hydrogens (primary N) is 1. The van der Waals surface area contributed by atoms with Crippen molar-refractivity contribution in [3.63, 3.8) is 0 Å². The molecule has 0 atom stereocenters. The summed E-state index contributed by atoms with van der Waals surface area (Å²) in [7, 11) is 0. The first kappa shape index (κ1) is 11.9. The number of rotatable bonds is 3. The topological polar surface area (TPSA) is 29.3 Å². The minimum Gasteiger partial charge on any atom is -0.327 e. The summed E-state index contributed by atoms with van der Waals surface area (Å²) >= 11 is 0. The van der Waals surface area contributed by atoms with Crippen molar-refractivity contribution in [3.05, 3.63) is 41.5 Å². The average Bonchev–Trinajstić information content (AvgIpc) is 2.47. The molecule has 2 nitrogen and oxygen atoms in total. The first-order valence-corrected chi connectivity index (χ1v) is 7.02. The molecule has 3 aliphatic heterocycles. The van der Waals surface area contributed by atoms with E-state index in [1.54, 1.807) is 5.56 Å². The molecular formula is C16H22N2. The molecule has 3 saturated heterocycles. The summed E-state index contributed by atoms with van der Waals surface area (Å²) in [6, 6.07) is 9.13. The van der Waals surface area contributed by atoms with Crippen LogP contribution < -0.4 is 5.73 Å². The van der Waals surface area contributed by atoms with E-state index in [-0.39, 0.29) is 0 Å². The van der Waals surface area contributed by atoms with Gasteiger partial charge in [0, 0.05) is 6.54 Å². The van der Waals surface area contributed by atoms with Gasteiger partial charge in [-0.3, -0.25) is 0 Å². The van der Waals surface area contributed by atoms with E-state index >= 15 is 0 Å². The van der Waals surface area contributed by atoms with Gasteiger partial charge in [0.25, 0.3) is 0 Å². The lowest BCUT2D eigenvalue weighted by Gasteiger charge is -2.48. The van der Waals surface area contributed by atoms with E-state index in [1.807, 2.05) is 6.08 Å². The van der Waals surface area contributed by atoms with E-state index in [9.17, 15) is 0 Å². The highest BCUT2D eigenvalue weighted by molar-refractivity contribution is 5.50. The average molecular weight is 242 g/mol. The summed E-state index contributed by atoms with van der Waals surface area (Å²) < 4.78 is 0. The van der Waals surface area contributed by atoms with Crippen LogP contribution in [0.4, 0.5) is 0 Å². The Kier molecular flexibility index (Phi) is 3.23. The second-order valence-corrected chi connectivity index (χ2v) is 5.63. The fourth-order valence-corrected chi connectivity index (χ4v) is 3.41. The second-order valence-electron chi connectivity index (χ2n) is 5.63. The summed E-state index contributed by atoms with van der Waals surface area (Å²) in [4.78, 5) is 2.60. The largest absolute Gasteiger partial charge is 0.327 e. The van der Waals surface area contributed by atoms with Gasteiger partial charge in [-0.25, -0.2) is 0 Å². The molecule has 3 heterocycles. The van der Waals surface area contributed by atoms with Crippen LogP contribution in [-0.4, -0.2) is 31.1 Å². The zero-order chi connectivity index (χ0) is 12.4. The Hall–Kier alpha value is -1.12. The summed E-state index contributed by atoms with van der Waals surface area (Å²) in [5.41, 5.74) is 8.76. The van der Waals surface area contributed by atoms with Crippen LogP contribution in [-0.2, 0) is 5.41 Å². The molecule has 2 N–H and O–H groups in total. The molecule has 0 radical (unpaired) electrons. The molecule has 0 amide bonds. The maximum atomic E-state index is 5.48. The monoisotopic (exact) mass is 242 g/mol. The van der Waals surface area contributed by atoms with Crippen molar-refractivity contribution in [1.82, 2.24) is 4.90 Å². The van der Waals surface area contributed by atoms with Crippen molar-refractivity contribution in [2.24, 2.45) is 5.73 Å². The smallest absolute Gasteiger partial charge is 0.0110 e. The van der Waals surface area contributed by atoms with Crippen LogP contribution in [0.3, 0.4) is 0 Å². The molecule has 2 bridgehead atoms. The van der Waals surface area contributed by atoms with Crippen LogP contribution in [0.5, 0.6) is 0 Å². The Morgan fingerprint density at radius 1 is 1.06 bits per heavy atom. The van der Waals surface area contributed by atoms with E-state index in [0.717, 1.165) is 0 Å². The summed E-state index contributed by atoms with van der Waals surface area (Å²) in [6.45, 7) is 4.47. The van der Waals surface area contributed by atoms with Crippen molar-refractivity contribution >= 4 is 6.08 Å². The van der Waals surface area contributed by atoms with Gasteiger partial charge in [-0.05, 0) is 55.4 Å². The normalized spacial score (nSPS) is 31.1. The first-order valence-electron chi connectivity index (χ1n) is 7.02. The van der Waals surface area contributed by atoms with Crippen molar-refractivity contribution in [2.45, 2.75) is 24.7 Å². The first-order chi connectivity index (χ1) is 8.82. The molecule has 1 aromatic rings. The maximum Gasteiger partial charge on any atom is 0.0110 e. The van der Waals surface area contributed by atoms with Gasteiger partial charge in [-0.1, -0.05) is 36.4 Å². The fourth-order valence-electron chi connectivity index (χ4n) is 3.41. The molecule has 0 unspecified atom stereocenters. The van der Waals surface area contributed by atoms with Crippen LogP contribution in [0.2, 0.25) is 0 Å². The SMILES string of the molecule is NC/C=C/c1ccc(C23CCN(CC2)CC3)cc1. The zero-order valence-electron chi connectivity index (χ0n) is 10.9. The van der Waals surface area contributed by atoms with Gasteiger partial charge in [0.1, 0.15) is 0 Å². The minimum absolute atomic E-state index is 0.477. The summed E-state index contributed by atoms with van der Waals surface area (Å²) in [6.07, 6.45) is 8.12. The third-order valence-corrected chi connectivity index (χ3v) is 4.69. The summed E-state index contributed by atoms with van der Waals surface area (Å²) in [5, 5.41) is 0. The molecule has 4 rings (SSSR count). The van der Waals surface area contributed by atoms with Gasteiger partial charge in [-0.15, -0.1) is 0 Å². The molecular weight excluding hydrogens is 220 g/mol. The quantitative estimate of drug-likeness (QED) is 0.882. The standard InChI is InChI=1S/C16H22N2/c17-10-1-2-14-3-5-15(6-4-14)16-7-11-18(12-8-16)13-9-16/h1-6H,7-13,17H2/b2-1+. The lowest BCUT2D eigenvalue weighted by Crippen LogP contribution is -2.50. The van der Waals surface area contributed by atoms with Crippen LogP contribution in [0.1, 0.15) is 30.4 Å². The fraction of sp³-hybridized carbons (Fsp3) is 0.500. The van der Waals surface area contributed by atoms with E-state index in [1.165, 1.54) is 44.5 Å². The van der Waals surface area contributed by atoms with Crippen LogP contribution >= 0.6 is 0 Å². The Labute approximate surface area is 109 Å². The Bertz CT molecular complexity index is 411. The molecule has 3 aliphatic rings. The van der Waals surface area contributed by atoms with Gasteiger partial charge in [0.2, 0.25) is 0 Å². The van der Waals surface area contributed by atoms with E-state index in [2.05, 4.69) is 35.2 Å². The number of hydrogen-bond donors (Lipinski definition) is 1. The van der Waals surface area contributed by atoms with Crippen LogP contribution in [0, 0.1) is 0 Å². The van der Waals surface area contributed by atoms with Gasteiger partial charge in [0.15, 0.2) is 0 Å². The molecule has 2 heteroatoms.